The first-order valence-corrected chi connectivity index (χ1v) is 6.13. The molecule has 0 aromatic heterocycles. The van der Waals surface area contributed by atoms with Crippen molar-refractivity contribution in [1.82, 2.24) is 10.3 Å². The van der Waals surface area contributed by atoms with E-state index >= 15 is 0 Å². The fourth-order valence-corrected chi connectivity index (χ4v) is 2.00. The molecule has 0 saturated carbocycles. The van der Waals surface area contributed by atoms with Gasteiger partial charge in [0.15, 0.2) is 0 Å². The van der Waals surface area contributed by atoms with Crippen LogP contribution in [0, 0.1) is 0 Å². The van der Waals surface area contributed by atoms with Crippen LogP contribution in [0.5, 0.6) is 5.75 Å². The van der Waals surface area contributed by atoms with Gasteiger partial charge in [-0.05, 0) is 23.3 Å². The first kappa shape index (κ1) is 12.4. The fourth-order valence-electron chi connectivity index (χ4n) is 2.00. The highest BCUT2D eigenvalue weighted by molar-refractivity contribution is 5.37. The minimum absolute atomic E-state index is 0.504. The predicted octanol–water partition coefficient (Wildman–Crippen LogP) is 1.25. The molecule has 0 aliphatic carbocycles. The molecule has 0 bridgehead atoms. The second kappa shape index (κ2) is 5.49. The number of nitrogens with zero attached hydrogens (tertiary/aromatic N) is 1. The van der Waals surface area contributed by atoms with Crippen LogP contribution >= 0.6 is 0 Å². The van der Waals surface area contributed by atoms with Crippen LogP contribution in [-0.4, -0.2) is 24.2 Å². The average molecular weight is 235 g/mol. The van der Waals surface area contributed by atoms with Crippen molar-refractivity contribution in [3.63, 3.8) is 0 Å². The van der Waals surface area contributed by atoms with E-state index < -0.39 is 0 Å². The van der Waals surface area contributed by atoms with E-state index in [1.807, 2.05) is 11.1 Å². The number of hydrogen-bond acceptors (Lipinski definition) is 4. The van der Waals surface area contributed by atoms with Crippen LogP contribution < -0.4 is 15.9 Å². The molecule has 0 radical (unpaired) electrons. The summed E-state index contributed by atoms with van der Waals surface area (Å²) < 4.78 is 5.70. The van der Waals surface area contributed by atoms with Gasteiger partial charge in [0, 0.05) is 25.7 Å². The topological polar surface area (TPSA) is 50.5 Å². The van der Waals surface area contributed by atoms with E-state index in [2.05, 4.69) is 31.3 Å². The Labute approximate surface area is 103 Å². The molecule has 1 heterocycles. The summed E-state index contributed by atoms with van der Waals surface area (Å²) in [5, 5.41) is 5.14. The zero-order valence-corrected chi connectivity index (χ0v) is 10.6. The van der Waals surface area contributed by atoms with Crippen LogP contribution in [-0.2, 0) is 13.1 Å². The summed E-state index contributed by atoms with van der Waals surface area (Å²) in [7, 11) is 0. The van der Waals surface area contributed by atoms with E-state index in [9.17, 15) is 0 Å². The number of hydrogen-bond donors (Lipinski definition) is 2. The van der Waals surface area contributed by atoms with Gasteiger partial charge in [0.1, 0.15) is 12.4 Å². The van der Waals surface area contributed by atoms with Gasteiger partial charge in [-0.1, -0.05) is 19.9 Å². The van der Waals surface area contributed by atoms with Crippen LogP contribution in [0.3, 0.4) is 0 Å². The van der Waals surface area contributed by atoms with Crippen LogP contribution in [0.2, 0.25) is 0 Å². The van der Waals surface area contributed by atoms with Crippen molar-refractivity contribution in [2.75, 3.05) is 13.2 Å². The molecule has 0 amide bonds. The summed E-state index contributed by atoms with van der Waals surface area (Å²) in [6.07, 6.45) is 0. The lowest BCUT2D eigenvalue weighted by Gasteiger charge is -2.10. The van der Waals surface area contributed by atoms with Crippen molar-refractivity contribution in [2.45, 2.75) is 33.0 Å². The van der Waals surface area contributed by atoms with E-state index in [4.69, 9.17) is 10.6 Å². The first-order chi connectivity index (χ1) is 8.15. The van der Waals surface area contributed by atoms with Crippen molar-refractivity contribution in [3.05, 3.63) is 29.3 Å². The van der Waals surface area contributed by atoms with Gasteiger partial charge < -0.3 is 10.1 Å². The highest BCUT2D eigenvalue weighted by Crippen LogP contribution is 2.24. The number of fused-ring (bicyclic) bond motifs is 1. The number of nitrogens with one attached hydrogen (secondary N) is 1. The third-order valence-electron chi connectivity index (χ3n) is 2.85. The summed E-state index contributed by atoms with van der Waals surface area (Å²) in [4.78, 5) is 0. The van der Waals surface area contributed by atoms with Crippen molar-refractivity contribution in [1.29, 1.82) is 0 Å². The Bertz CT molecular complexity index is 379. The van der Waals surface area contributed by atoms with Crippen LogP contribution in [0.25, 0.3) is 0 Å². The summed E-state index contributed by atoms with van der Waals surface area (Å²) in [6.45, 7) is 7.48. The van der Waals surface area contributed by atoms with Gasteiger partial charge in [0.05, 0.1) is 0 Å². The Morgan fingerprint density at radius 3 is 2.88 bits per heavy atom. The maximum Gasteiger partial charge on any atom is 0.119 e. The number of nitrogens with two attached hydrogens (primary N) is 1. The summed E-state index contributed by atoms with van der Waals surface area (Å²) in [5.74, 6) is 6.71. The molecule has 0 fully saturated rings. The SMILES string of the molecule is CC(C)NCCOc1ccc2c(c1)CN(N)C2. The van der Waals surface area contributed by atoms with Gasteiger partial charge >= 0.3 is 0 Å². The van der Waals surface area contributed by atoms with Crippen molar-refractivity contribution in [2.24, 2.45) is 5.84 Å². The van der Waals surface area contributed by atoms with Gasteiger partial charge in [0.25, 0.3) is 0 Å². The standard InChI is InChI=1S/C13H21N3O/c1-10(2)15-5-6-17-13-4-3-11-8-16(14)9-12(11)7-13/h3-4,7,10,15H,5-6,8-9,14H2,1-2H3. The first-order valence-electron chi connectivity index (χ1n) is 6.13. The molecule has 94 valence electrons. The zero-order chi connectivity index (χ0) is 12.3. The van der Waals surface area contributed by atoms with Crippen LogP contribution in [0.1, 0.15) is 25.0 Å². The summed E-state index contributed by atoms with van der Waals surface area (Å²) in [6, 6.07) is 6.72. The maximum absolute atomic E-state index is 5.77. The third kappa shape index (κ3) is 3.43. The van der Waals surface area contributed by atoms with E-state index in [0.717, 1.165) is 25.4 Å². The molecule has 4 nitrogen and oxygen atoms in total. The molecular weight excluding hydrogens is 214 g/mol. The van der Waals surface area contributed by atoms with E-state index in [1.54, 1.807) is 0 Å². The average Bonchev–Trinajstić information content (AvgIpc) is 2.63. The number of benzene rings is 1. The Kier molecular flexibility index (Phi) is 3.99. The lowest BCUT2D eigenvalue weighted by molar-refractivity contribution is 0.294. The molecule has 1 aromatic rings. The third-order valence-corrected chi connectivity index (χ3v) is 2.85. The number of rotatable bonds is 5. The van der Waals surface area contributed by atoms with Gasteiger partial charge in [0.2, 0.25) is 0 Å². The highest BCUT2D eigenvalue weighted by Gasteiger charge is 2.16. The van der Waals surface area contributed by atoms with Crippen LogP contribution in [0.4, 0.5) is 0 Å². The number of hydrazine groups is 1. The normalized spacial score (nSPS) is 15.3. The Hall–Kier alpha value is -1.10. The van der Waals surface area contributed by atoms with Gasteiger partial charge in [-0.2, -0.15) is 0 Å². The van der Waals surface area contributed by atoms with Crippen LogP contribution in [0.15, 0.2) is 18.2 Å². The zero-order valence-electron chi connectivity index (χ0n) is 10.6. The van der Waals surface area contributed by atoms with E-state index in [1.165, 1.54) is 11.1 Å². The minimum atomic E-state index is 0.504. The molecule has 0 unspecified atom stereocenters. The molecule has 0 atom stereocenters. The predicted molar refractivity (Wildman–Crippen MR) is 68.5 cm³/mol. The van der Waals surface area contributed by atoms with Crippen molar-refractivity contribution in [3.8, 4) is 5.75 Å². The maximum atomic E-state index is 5.77. The quantitative estimate of drug-likeness (QED) is 0.596. The lowest BCUT2D eigenvalue weighted by atomic mass is 10.1. The molecule has 17 heavy (non-hydrogen) atoms. The van der Waals surface area contributed by atoms with Gasteiger partial charge in [-0.15, -0.1) is 0 Å². The van der Waals surface area contributed by atoms with E-state index in [-0.39, 0.29) is 0 Å². The summed E-state index contributed by atoms with van der Waals surface area (Å²) >= 11 is 0. The summed E-state index contributed by atoms with van der Waals surface area (Å²) in [5.41, 5.74) is 2.59. The Morgan fingerprint density at radius 1 is 1.35 bits per heavy atom. The fraction of sp³-hybridized carbons (Fsp3) is 0.538. The molecule has 1 aliphatic heterocycles. The molecule has 0 saturated heterocycles. The number of ether oxygens (including phenoxy) is 1. The highest BCUT2D eigenvalue weighted by atomic mass is 16.5. The molecule has 1 aromatic carbocycles. The molecule has 1 aliphatic rings. The monoisotopic (exact) mass is 235 g/mol. The largest absolute Gasteiger partial charge is 0.492 e. The molecular formula is C13H21N3O. The Balaban J connectivity index is 1.84. The lowest BCUT2D eigenvalue weighted by Crippen LogP contribution is -2.27. The molecule has 3 N–H and O–H groups in total. The second-order valence-electron chi connectivity index (χ2n) is 4.79. The van der Waals surface area contributed by atoms with Gasteiger partial charge in [-0.25, -0.2) is 5.01 Å². The molecule has 4 heteroatoms. The Morgan fingerprint density at radius 2 is 2.12 bits per heavy atom. The van der Waals surface area contributed by atoms with Crippen molar-refractivity contribution < 1.29 is 4.74 Å². The molecule has 0 spiro atoms. The van der Waals surface area contributed by atoms with Crippen molar-refractivity contribution >= 4 is 0 Å². The second-order valence-corrected chi connectivity index (χ2v) is 4.79. The minimum Gasteiger partial charge on any atom is -0.492 e. The van der Waals surface area contributed by atoms with Gasteiger partial charge in [-0.3, -0.25) is 5.84 Å². The smallest absolute Gasteiger partial charge is 0.119 e. The molecule has 2 rings (SSSR count). The van der Waals surface area contributed by atoms with E-state index in [0.29, 0.717) is 12.6 Å².